The fourth-order valence-corrected chi connectivity index (χ4v) is 4.22. The molecule has 0 atom stereocenters. The van der Waals surface area contributed by atoms with Gasteiger partial charge >= 0.3 is 0 Å². The van der Waals surface area contributed by atoms with Gasteiger partial charge < -0.3 is 14.6 Å². The average molecular weight is 401 g/mol. The second-order valence-electron chi connectivity index (χ2n) is 7.19. The first kappa shape index (κ1) is 18.8. The Morgan fingerprint density at radius 2 is 2.07 bits per heavy atom. The number of ether oxygens (including phenoxy) is 1. The van der Waals surface area contributed by atoms with E-state index in [1.54, 1.807) is 19.2 Å². The predicted octanol–water partition coefficient (Wildman–Crippen LogP) is 4.92. The van der Waals surface area contributed by atoms with E-state index in [9.17, 15) is 9.18 Å². The number of carbonyl (C=O) groups is 1. The zero-order valence-corrected chi connectivity index (χ0v) is 16.4. The lowest BCUT2D eigenvalue weighted by molar-refractivity contribution is -0.131. The van der Waals surface area contributed by atoms with Crippen molar-refractivity contribution in [2.75, 3.05) is 20.2 Å². The largest absolute Gasteiger partial charge is 0.497 e. The Balaban J connectivity index is 1.44. The second kappa shape index (κ2) is 7.84. The summed E-state index contributed by atoms with van der Waals surface area (Å²) in [6, 6.07) is 10.5. The number of nitrogens with one attached hydrogen (secondary N) is 1. The number of nitrogens with zero attached hydrogens (tertiary/aromatic N) is 1. The van der Waals surface area contributed by atoms with E-state index in [0.717, 1.165) is 24.1 Å². The molecule has 28 heavy (non-hydrogen) atoms. The number of piperidine rings is 1. The highest BCUT2D eigenvalue weighted by atomic mass is 35.5. The number of methoxy groups -OCH3 is 1. The van der Waals surface area contributed by atoms with Crippen molar-refractivity contribution in [3.63, 3.8) is 0 Å². The summed E-state index contributed by atoms with van der Waals surface area (Å²) < 4.78 is 19.3. The molecule has 2 aromatic carbocycles. The summed E-state index contributed by atoms with van der Waals surface area (Å²) in [5.41, 5.74) is 2.63. The fourth-order valence-electron chi connectivity index (χ4n) is 3.99. The standard InChI is InChI=1S/C22H22ClFN2O2/c1-28-15-5-6-21-16(11-15)18(13-25-21)14-7-9-26(10-8-14)22(27)12-17-19(23)3-2-4-20(17)24/h2-6,11,13-14,25H,7-10,12H2,1H3. The number of halogens is 2. The van der Waals surface area contributed by atoms with Crippen LogP contribution in [0, 0.1) is 5.82 Å². The summed E-state index contributed by atoms with van der Waals surface area (Å²) in [5, 5.41) is 1.47. The Labute approximate surface area is 168 Å². The van der Waals surface area contributed by atoms with Gasteiger partial charge in [0.25, 0.3) is 0 Å². The van der Waals surface area contributed by atoms with Gasteiger partial charge in [-0.15, -0.1) is 0 Å². The Morgan fingerprint density at radius 3 is 2.79 bits per heavy atom. The molecule has 0 unspecified atom stereocenters. The summed E-state index contributed by atoms with van der Waals surface area (Å²) in [7, 11) is 1.67. The minimum atomic E-state index is -0.427. The number of carbonyl (C=O) groups excluding carboxylic acids is 1. The van der Waals surface area contributed by atoms with E-state index in [0.29, 0.717) is 24.0 Å². The summed E-state index contributed by atoms with van der Waals surface area (Å²) in [6.45, 7) is 1.32. The van der Waals surface area contributed by atoms with Gasteiger partial charge in [-0.25, -0.2) is 4.39 Å². The highest BCUT2D eigenvalue weighted by Crippen LogP contribution is 2.35. The van der Waals surface area contributed by atoms with E-state index in [4.69, 9.17) is 16.3 Å². The molecule has 1 aliphatic heterocycles. The Bertz CT molecular complexity index is 989. The number of aromatic nitrogens is 1. The van der Waals surface area contributed by atoms with Gasteiger partial charge in [0.2, 0.25) is 5.91 Å². The van der Waals surface area contributed by atoms with E-state index in [1.807, 2.05) is 17.0 Å². The van der Waals surface area contributed by atoms with Gasteiger partial charge in [-0.2, -0.15) is 0 Å². The van der Waals surface area contributed by atoms with Crippen molar-refractivity contribution in [1.82, 2.24) is 9.88 Å². The third kappa shape index (κ3) is 3.59. The van der Waals surface area contributed by atoms with Crippen LogP contribution in [0.3, 0.4) is 0 Å². The van der Waals surface area contributed by atoms with Crippen molar-refractivity contribution in [2.24, 2.45) is 0 Å². The number of rotatable bonds is 4. The highest BCUT2D eigenvalue weighted by molar-refractivity contribution is 6.31. The summed E-state index contributed by atoms with van der Waals surface area (Å²) in [5.74, 6) is 0.708. The Hall–Kier alpha value is -2.53. The number of H-pyrrole nitrogens is 1. The van der Waals surface area contributed by atoms with Crippen molar-refractivity contribution in [3.05, 3.63) is 64.6 Å². The molecule has 1 saturated heterocycles. The molecule has 146 valence electrons. The molecule has 1 amide bonds. The molecule has 1 N–H and O–H groups in total. The van der Waals surface area contributed by atoms with Crippen molar-refractivity contribution in [3.8, 4) is 5.75 Å². The molecular formula is C22H22ClFN2O2. The van der Waals surface area contributed by atoms with E-state index < -0.39 is 5.82 Å². The van der Waals surface area contributed by atoms with Gasteiger partial charge in [0.15, 0.2) is 0 Å². The maximum Gasteiger partial charge on any atom is 0.227 e. The van der Waals surface area contributed by atoms with E-state index in [-0.39, 0.29) is 17.9 Å². The SMILES string of the molecule is COc1ccc2[nH]cc(C3CCN(C(=O)Cc4c(F)cccc4Cl)CC3)c2c1. The zero-order valence-electron chi connectivity index (χ0n) is 15.7. The molecule has 0 saturated carbocycles. The number of aromatic amines is 1. The number of fused-ring (bicyclic) bond motifs is 1. The van der Waals surface area contributed by atoms with Crippen LogP contribution in [-0.4, -0.2) is 36.0 Å². The fraction of sp³-hybridized carbons (Fsp3) is 0.318. The lowest BCUT2D eigenvalue weighted by Gasteiger charge is -2.32. The molecule has 0 aliphatic carbocycles. The number of amides is 1. The summed E-state index contributed by atoms with van der Waals surface area (Å²) >= 11 is 6.06. The van der Waals surface area contributed by atoms with E-state index in [2.05, 4.69) is 17.2 Å². The van der Waals surface area contributed by atoms with Crippen LogP contribution in [0.4, 0.5) is 4.39 Å². The first-order valence-corrected chi connectivity index (χ1v) is 9.80. The normalized spacial score (nSPS) is 15.2. The van der Waals surface area contributed by atoms with Crippen LogP contribution >= 0.6 is 11.6 Å². The minimum Gasteiger partial charge on any atom is -0.497 e. The molecule has 6 heteroatoms. The predicted molar refractivity (Wildman–Crippen MR) is 109 cm³/mol. The maximum absolute atomic E-state index is 14.0. The molecule has 0 bridgehead atoms. The molecule has 0 radical (unpaired) electrons. The minimum absolute atomic E-state index is 0.000454. The summed E-state index contributed by atoms with van der Waals surface area (Å²) in [4.78, 5) is 17.8. The van der Waals surface area contributed by atoms with E-state index >= 15 is 0 Å². The van der Waals surface area contributed by atoms with Crippen LogP contribution in [0.15, 0.2) is 42.6 Å². The topological polar surface area (TPSA) is 45.3 Å². The Morgan fingerprint density at radius 1 is 1.29 bits per heavy atom. The van der Waals surface area contributed by atoms with Gasteiger partial charge in [-0.3, -0.25) is 4.79 Å². The van der Waals surface area contributed by atoms with Crippen molar-refractivity contribution >= 4 is 28.4 Å². The van der Waals surface area contributed by atoms with Gasteiger partial charge in [0.05, 0.1) is 13.5 Å². The van der Waals surface area contributed by atoms with Crippen LogP contribution in [0.1, 0.15) is 29.9 Å². The number of hydrogen-bond acceptors (Lipinski definition) is 2. The molecule has 0 spiro atoms. The molecule has 2 heterocycles. The number of benzene rings is 2. The van der Waals surface area contributed by atoms with Crippen LogP contribution < -0.4 is 4.74 Å². The van der Waals surface area contributed by atoms with Crippen LogP contribution in [0.5, 0.6) is 5.75 Å². The van der Waals surface area contributed by atoms with E-state index in [1.165, 1.54) is 17.0 Å². The molecule has 3 aromatic rings. The van der Waals surface area contributed by atoms with Gasteiger partial charge in [-0.1, -0.05) is 17.7 Å². The van der Waals surface area contributed by atoms with Crippen LogP contribution in [-0.2, 0) is 11.2 Å². The van der Waals surface area contributed by atoms with Gasteiger partial charge in [0, 0.05) is 40.8 Å². The van der Waals surface area contributed by atoms with Crippen LogP contribution in [0.2, 0.25) is 5.02 Å². The first-order valence-electron chi connectivity index (χ1n) is 9.42. The van der Waals surface area contributed by atoms with Crippen molar-refractivity contribution < 1.29 is 13.9 Å². The quantitative estimate of drug-likeness (QED) is 0.675. The lowest BCUT2D eigenvalue weighted by atomic mass is 9.89. The first-order chi connectivity index (χ1) is 13.6. The molecule has 1 aliphatic rings. The van der Waals surface area contributed by atoms with Crippen molar-refractivity contribution in [1.29, 1.82) is 0 Å². The Kier molecular flexibility index (Phi) is 5.27. The van der Waals surface area contributed by atoms with Crippen LogP contribution in [0.25, 0.3) is 10.9 Å². The van der Waals surface area contributed by atoms with Crippen molar-refractivity contribution in [2.45, 2.75) is 25.2 Å². The third-order valence-electron chi connectivity index (χ3n) is 5.60. The lowest BCUT2D eigenvalue weighted by Crippen LogP contribution is -2.38. The van der Waals surface area contributed by atoms with Gasteiger partial charge in [-0.05, 0) is 54.7 Å². The average Bonchev–Trinajstić information content (AvgIpc) is 3.14. The molecule has 4 rings (SSSR count). The number of likely N-dealkylation sites (tertiary alicyclic amines) is 1. The molecule has 1 fully saturated rings. The molecule has 4 nitrogen and oxygen atoms in total. The number of hydrogen-bond donors (Lipinski definition) is 1. The highest BCUT2D eigenvalue weighted by Gasteiger charge is 2.26. The third-order valence-corrected chi connectivity index (χ3v) is 5.95. The smallest absolute Gasteiger partial charge is 0.227 e. The molecular weight excluding hydrogens is 379 g/mol. The van der Waals surface area contributed by atoms with Gasteiger partial charge in [0.1, 0.15) is 11.6 Å². The zero-order chi connectivity index (χ0) is 19.7. The molecule has 1 aromatic heterocycles. The second-order valence-corrected chi connectivity index (χ2v) is 7.59. The maximum atomic E-state index is 14.0. The summed E-state index contributed by atoms with van der Waals surface area (Å²) in [6.07, 6.45) is 3.81. The monoisotopic (exact) mass is 400 g/mol.